The van der Waals surface area contributed by atoms with E-state index in [9.17, 15) is 33.4 Å². The van der Waals surface area contributed by atoms with Crippen LogP contribution in [-0.4, -0.2) is 59.6 Å². The van der Waals surface area contributed by atoms with Crippen LogP contribution in [0, 0.1) is 20.2 Å². The van der Waals surface area contributed by atoms with Crippen molar-refractivity contribution in [3.05, 3.63) is 73.3 Å². The summed E-state index contributed by atoms with van der Waals surface area (Å²) in [7, 11) is -4.13. The van der Waals surface area contributed by atoms with E-state index in [0.717, 1.165) is 22.5 Å². The van der Waals surface area contributed by atoms with Crippen molar-refractivity contribution in [1.82, 2.24) is 9.21 Å². The summed E-state index contributed by atoms with van der Waals surface area (Å²) >= 11 is 5.76. The van der Waals surface area contributed by atoms with Gasteiger partial charge in [-0.05, 0) is 18.2 Å². The van der Waals surface area contributed by atoms with Crippen molar-refractivity contribution in [3.8, 4) is 0 Å². The van der Waals surface area contributed by atoms with Gasteiger partial charge in [0, 0.05) is 43.9 Å². The number of nitro benzene ring substituents is 2. The molecule has 0 saturated carbocycles. The van der Waals surface area contributed by atoms with Gasteiger partial charge in [0.2, 0.25) is 10.0 Å². The summed E-state index contributed by atoms with van der Waals surface area (Å²) in [5, 5.41) is 22.1. The zero-order valence-electron chi connectivity index (χ0n) is 15.3. The van der Waals surface area contributed by atoms with Crippen LogP contribution in [0.25, 0.3) is 0 Å². The van der Waals surface area contributed by atoms with E-state index >= 15 is 0 Å². The van der Waals surface area contributed by atoms with Crippen molar-refractivity contribution in [1.29, 1.82) is 0 Å². The minimum absolute atomic E-state index is 0.0229. The summed E-state index contributed by atoms with van der Waals surface area (Å²) in [4.78, 5) is 34.3. The van der Waals surface area contributed by atoms with Gasteiger partial charge in [-0.25, -0.2) is 8.42 Å². The maximum atomic E-state index is 12.8. The lowest BCUT2D eigenvalue weighted by Gasteiger charge is -2.33. The van der Waals surface area contributed by atoms with Crippen LogP contribution in [0.2, 0.25) is 5.02 Å². The highest BCUT2D eigenvalue weighted by molar-refractivity contribution is 7.89. The molecule has 30 heavy (non-hydrogen) atoms. The molecule has 1 amide bonds. The Hall–Kier alpha value is -3.09. The van der Waals surface area contributed by atoms with Crippen LogP contribution in [-0.2, 0) is 10.0 Å². The molecule has 3 rings (SSSR count). The molecule has 0 atom stereocenters. The zero-order valence-corrected chi connectivity index (χ0v) is 16.9. The second-order valence-electron chi connectivity index (χ2n) is 6.34. The average Bonchev–Trinajstić information content (AvgIpc) is 2.73. The van der Waals surface area contributed by atoms with Gasteiger partial charge in [0.15, 0.2) is 4.90 Å². The Morgan fingerprint density at radius 3 is 2.13 bits per heavy atom. The second-order valence-corrected chi connectivity index (χ2v) is 8.66. The van der Waals surface area contributed by atoms with Crippen LogP contribution in [0.3, 0.4) is 0 Å². The number of rotatable bonds is 5. The normalized spacial score (nSPS) is 15.0. The zero-order chi connectivity index (χ0) is 22.1. The molecular formula is C17H15ClN4O7S. The fourth-order valence-electron chi connectivity index (χ4n) is 3.06. The fourth-order valence-corrected chi connectivity index (χ4v) is 4.83. The Bertz CT molecular complexity index is 1130. The summed E-state index contributed by atoms with van der Waals surface area (Å²) in [6.45, 7) is -0.101. The Labute approximate surface area is 175 Å². The number of halogens is 1. The van der Waals surface area contributed by atoms with Crippen molar-refractivity contribution < 1.29 is 23.1 Å². The number of carbonyl (C=O) groups excluding carboxylic acids is 1. The van der Waals surface area contributed by atoms with Gasteiger partial charge >= 0.3 is 0 Å². The number of hydrogen-bond donors (Lipinski definition) is 0. The highest BCUT2D eigenvalue weighted by atomic mass is 35.5. The van der Waals surface area contributed by atoms with Crippen LogP contribution in [0.5, 0.6) is 0 Å². The maximum Gasteiger partial charge on any atom is 0.289 e. The third-order valence-corrected chi connectivity index (χ3v) is 6.86. The lowest BCUT2D eigenvalue weighted by Crippen LogP contribution is -2.50. The molecule has 0 unspecified atom stereocenters. The maximum absolute atomic E-state index is 12.8. The monoisotopic (exact) mass is 454 g/mol. The molecule has 13 heteroatoms. The highest BCUT2D eigenvalue weighted by Crippen LogP contribution is 2.28. The fraction of sp³-hybridized carbons (Fsp3) is 0.235. The van der Waals surface area contributed by atoms with Crippen LogP contribution >= 0.6 is 11.6 Å². The van der Waals surface area contributed by atoms with Crippen LogP contribution in [0.15, 0.2) is 47.4 Å². The summed E-state index contributed by atoms with van der Waals surface area (Å²) < 4.78 is 26.8. The van der Waals surface area contributed by atoms with Gasteiger partial charge in [0.05, 0.1) is 9.85 Å². The number of amides is 1. The SMILES string of the molecule is O=C(c1ccc(Cl)c([N+](=O)[O-])c1)N1CCN(S(=O)(=O)c2ccccc2[N+](=O)[O-])CC1. The van der Waals surface area contributed by atoms with E-state index in [1.165, 1.54) is 29.2 Å². The van der Waals surface area contributed by atoms with E-state index in [0.29, 0.717) is 0 Å². The summed E-state index contributed by atoms with van der Waals surface area (Å²) in [6.07, 6.45) is 0. The minimum atomic E-state index is -4.13. The number of benzene rings is 2. The molecule has 0 aliphatic carbocycles. The van der Waals surface area contributed by atoms with E-state index in [4.69, 9.17) is 11.6 Å². The van der Waals surface area contributed by atoms with Crippen LogP contribution < -0.4 is 0 Å². The van der Waals surface area contributed by atoms with E-state index < -0.39 is 42.0 Å². The quantitative estimate of drug-likeness (QED) is 0.497. The Kier molecular flexibility index (Phi) is 6.01. The second kappa shape index (κ2) is 8.34. The molecule has 1 aliphatic rings. The molecule has 1 fully saturated rings. The number of hydrogen-bond acceptors (Lipinski definition) is 7. The lowest BCUT2D eigenvalue weighted by molar-refractivity contribution is -0.387. The van der Waals surface area contributed by atoms with E-state index in [1.54, 1.807) is 0 Å². The molecule has 0 aromatic heterocycles. The molecule has 0 N–H and O–H groups in total. The third kappa shape index (κ3) is 4.10. The summed E-state index contributed by atoms with van der Waals surface area (Å²) in [5.41, 5.74) is -0.870. The summed E-state index contributed by atoms with van der Waals surface area (Å²) in [6, 6.07) is 8.72. The van der Waals surface area contributed by atoms with Crippen molar-refractivity contribution in [3.63, 3.8) is 0 Å². The van der Waals surface area contributed by atoms with Crippen molar-refractivity contribution in [2.75, 3.05) is 26.2 Å². The molecule has 1 heterocycles. The van der Waals surface area contributed by atoms with Crippen molar-refractivity contribution >= 4 is 38.9 Å². The lowest BCUT2D eigenvalue weighted by atomic mass is 10.1. The van der Waals surface area contributed by atoms with Crippen molar-refractivity contribution in [2.45, 2.75) is 4.90 Å². The average molecular weight is 455 g/mol. The predicted octanol–water partition coefficient (Wildman–Crippen LogP) is 2.30. The Balaban J connectivity index is 1.76. The van der Waals surface area contributed by atoms with Crippen molar-refractivity contribution in [2.24, 2.45) is 0 Å². The molecule has 11 nitrogen and oxygen atoms in total. The van der Waals surface area contributed by atoms with Gasteiger partial charge in [0.25, 0.3) is 17.3 Å². The highest BCUT2D eigenvalue weighted by Gasteiger charge is 2.34. The van der Waals surface area contributed by atoms with Gasteiger partial charge in [-0.2, -0.15) is 4.31 Å². The number of carbonyl (C=O) groups is 1. The first-order chi connectivity index (χ1) is 14.1. The van der Waals surface area contributed by atoms with Crippen LogP contribution in [0.4, 0.5) is 11.4 Å². The first-order valence-electron chi connectivity index (χ1n) is 8.59. The van der Waals surface area contributed by atoms with E-state index in [1.807, 2.05) is 0 Å². The summed E-state index contributed by atoms with van der Waals surface area (Å²) in [5.74, 6) is -0.502. The number of nitrogens with zero attached hydrogens (tertiary/aromatic N) is 4. The number of para-hydroxylation sites is 1. The molecule has 158 valence electrons. The van der Waals surface area contributed by atoms with Gasteiger partial charge in [0.1, 0.15) is 5.02 Å². The molecule has 2 aromatic rings. The molecule has 2 aromatic carbocycles. The molecule has 0 radical (unpaired) electrons. The first kappa shape index (κ1) is 21.6. The third-order valence-electron chi connectivity index (χ3n) is 4.60. The largest absolute Gasteiger partial charge is 0.336 e. The molecule has 0 bridgehead atoms. The van der Waals surface area contributed by atoms with E-state index in [2.05, 4.69) is 0 Å². The molecular weight excluding hydrogens is 440 g/mol. The Morgan fingerprint density at radius 1 is 0.933 bits per heavy atom. The van der Waals surface area contributed by atoms with Gasteiger partial charge in [-0.3, -0.25) is 25.0 Å². The number of piperazine rings is 1. The predicted molar refractivity (Wildman–Crippen MR) is 106 cm³/mol. The van der Waals surface area contributed by atoms with Gasteiger partial charge < -0.3 is 4.90 Å². The Morgan fingerprint density at radius 2 is 1.53 bits per heavy atom. The van der Waals surface area contributed by atoms with Gasteiger partial charge in [-0.15, -0.1) is 0 Å². The standard InChI is InChI=1S/C17H15ClN4O7S/c18-13-6-5-12(11-15(13)22(26)27)17(23)19-7-9-20(10-8-19)30(28,29)16-4-2-1-3-14(16)21(24)25/h1-6,11H,7-10H2. The minimum Gasteiger partial charge on any atom is -0.336 e. The number of sulfonamides is 1. The van der Waals surface area contributed by atoms with Gasteiger partial charge in [-0.1, -0.05) is 23.7 Å². The van der Waals surface area contributed by atoms with Crippen LogP contribution in [0.1, 0.15) is 10.4 Å². The molecule has 0 spiro atoms. The molecule has 1 saturated heterocycles. The smallest absolute Gasteiger partial charge is 0.289 e. The topological polar surface area (TPSA) is 144 Å². The first-order valence-corrected chi connectivity index (χ1v) is 10.4. The van der Waals surface area contributed by atoms with E-state index in [-0.39, 0.29) is 36.8 Å². The molecule has 1 aliphatic heterocycles. The number of nitro groups is 2.